The fourth-order valence-electron chi connectivity index (χ4n) is 3.26. The van der Waals surface area contributed by atoms with Crippen LogP contribution in [0.25, 0.3) is 0 Å². The number of nitro groups is 1. The van der Waals surface area contributed by atoms with Crippen LogP contribution in [0, 0.1) is 15.9 Å². The van der Waals surface area contributed by atoms with E-state index in [9.17, 15) is 19.3 Å². The summed E-state index contributed by atoms with van der Waals surface area (Å²) in [5.74, 6) is -0.170. The topological polar surface area (TPSA) is 107 Å². The molecule has 1 N–H and O–H groups in total. The predicted molar refractivity (Wildman–Crippen MR) is 114 cm³/mol. The summed E-state index contributed by atoms with van der Waals surface area (Å²) in [7, 11) is 1.70. The van der Waals surface area contributed by atoms with Crippen molar-refractivity contribution in [2.75, 3.05) is 19.0 Å². The molecule has 1 aliphatic heterocycles. The third kappa shape index (κ3) is 4.59. The molecular formula is C22H19FN4O5. The highest BCUT2D eigenvalue weighted by molar-refractivity contribution is 5.69. The number of anilines is 2. The second-order valence-electron chi connectivity index (χ2n) is 7.19. The van der Waals surface area contributed by atoms with Crippen LogP contribution in [0.4, 0.5) is 26.4 Å². The van der Waals surface area contributed by atoms with Crippen molar-refractivity contribution in [2.24, 2.45) is 0 Å². The first kappa shape index (κ1) is 21.0. The molecule has 10 heteroatoms. The van der Waals surface area contributed by atoms with E-state index < -0.39 is 10.7 Å². The molecule has 1 aromatic heterocycles. The van der Waals surface area contributed by atoms with Crippen LogP contribution < -0.4 is 10.1 Å². The van der Waals surface area contributed by atoms with Crippen molar-refractivity contribution in [1.29, 1.82) is 0 Å². The van der Waals surface area contributed by atoms with E-state index in [-0.39, 0.29) is 29.4 Å². The van der Waals surface area contributed by atoms with Gasteiger partial charge in [0, 0.05) is 31.1 Å². The first-order valence-electron chi connectivity index (χ1n) is 9.73. The zero-order valence-corrected chi connectivity index (χ0v) is 17.0. The number of amides is 1. The van der Waals surface area contributed by atoms with Crippen molar-refractivity contribution in [3.8, 4) is 11.5 Å². The fourth-order valence-corrected chi connectivity index (χ4v) is 3.26. The Morgan fingerprint density at radius 3 is 2.72 bits per heavy atom. The van der Waals surface area contributed by atoms with Gasteiger partial charge in [0.15, 0.2) is 11.6 Å². The van der Waals surface area contributed by atoms with Gasteiger partial charge in [-0.05, 0) is 42.3 Å². The van der Waals surface area contributed by atoms with Crippen molar-refractivity contribution in [2.45, 2.75) is 12.5 Å². The quantitative estimate of drug-likeness (QED) is 0.422. The van der Waals surface area contributed by atoms with Crippen molar-refractivity contribution in [3.05, 3.63) is 82.3 Å². The van der Waals surface area contributed by atoms with Crippen LogP contribution in [0.1, 0.15) is 5.56 Å². The number of hydrogen-bond donors (Lipinski definition) is 1. The molecule has 4 rings (SSSR count). The molecule has 0 spiro atoms. The van der Waals surface area contributed by atoms with E-state index >= 15 is 0 Å². The number of carbonyl (C=O) groups excluding carboxylic acids is 1. The molecule has 1 atom stereocenters. The summed E-state index contributed by atoms with van der Waals surface area (Å²) in [5, 5.41) is 13.8. The van der Waals surface area contributed by atoms with E-state index in [1.165, 1.54) is 36.5 Å². The van der Waals surface area contributed by atoms with Crippen LogP contribution in [0.15, 0.2) is 60.8 Å². The first-order chi connectivity index (χ1) is 15.4. The number of benzene rings is 2. The lowest BCUT2D eigenvalue weighted by molar-refractivity contribution is -0.384. The van der Waals surface area contributed by atoms with Gasteiger partial charge in [-0.1, -0.05) is 12.1 Å². The summed E-state index contributed by atoms with van der Waals surface area (Å²) in [6.07, 6.45) is 1.71. The normalized spacial score (nSPS) is 15.4. The van der Waals surface area contributed by atoms with E-state index in [1.807, 2.05) is 12.1 Å². The van der Waals surface area contributed by atoms with Gasteiger partial charge in [-0.25, -0.2) is 14.2 Å². The zero-order valence-electron chi connectivity index (χ0n) is 17.0. The number of rotatable bonds is 7. The number of nitrogens with one attached hydrogen (secondary N) is 1. The standard InChI is InChI=1S/C22H19FN4O5/c1-26-16(13-31-22(26)28)11-14-4-7-17(8-5-14)32-20-9-6-15(12-18(20)23)25-21-19(27(29)30)3-2-10-24-21/h2-10,12,16H,11,13H2,1H3,(H,24,25). The molecule has 0 radical (unpaired) electrons. The van der Waals surface area contributed by atoms with Gasteiger partial charge in [0.2, 0.25) is 5.82 Å². The lowest BCUT2D eigenvalue weighted by atomic mass is 10.1. The van der Waals surface area contributed by atoms with Crippen molar-refractivity contribution in [1.82, 2.24) is 9.88 Å². The Balaban J connectivity index is 1.42. The maximum Gasteiger partial charge on any atom is 0.409 e. The molecule has 164 valence electrons. The number of hydrogen-bond acceptors (Lipinski definition) is 7. The van der Waals surface area contributed by atoms with E-state index in [0.29, 0.717) is 24.5 Å². The molecule has 0 bridgehead atoms. The lowest BCUT2D eigenvalue weighted by Crippen LogP contribution is -2.30. The van der Waals surface area contributed by atoms with Crippen LogP contribution in [-0.2, 0) is 11.2 Å². The van der Waals surface area contributed by atoms with Crippen LogP contribution in [0.5, 0.6) is 11.5 Å². The number of likely N-dealkylation sites (N-methyl/N-ethyl adjacent to an activating group) is 1. The highest BCUT2D eigenvalue weighted by Gasteiger charge is 2.29. The molecule has 0 aliphatic carbocycles. The smallest absolute Gasteiger partial charge is 0.409 e. The highest BCUT2D eigenvalue weighted by Crippen LogP contribution is 2.30. The monoisotopic (exact) mass is 438 g/mol. The van der Waals surface area contributed by atoms with Crippen LogP contribution in [0.2, 0.25) is 0 Å². The summed E-state index contributed by atoms with van der Waals surface area (Å²) in [6.45, 7) is 0.348. The van der Waals surface area contributed by atoms with Gasteiger partial charge >= 0.3 is 11.8 Å². The molecule has 2 aromatic carbocycles. The molecule has 9 nitrogen and oxygen atoms in total. The molecule has 1 aliphatic rings. The molecule has 1 amide bonds. The molecule has 1 saturated heterocycles. The third-order valence-corrected chi connectivity index (χ3v) is 5.04. The van der Waals surface area contributed by atoms with Gasteiger partial charge in [0.25, 0.3) is 0 Å². The maximum absolute atomic E-state index is 14.6. The van der Waals surface area contributed by atoms with Crippen molar-refractivity contribution < 1.29 is 23.6 Å². The van der Waals surface area contributed by atoms with Gasteiger partial charge in [-0.2, -0.15) is 0 Å². The Morgan fingerprint density at radius 1 is 1.28 bits per heavy atom. The summed E-state index contributed by atoms with van der Waals surface area (Å²) in [4.78, 5) is 27.5. The molecule has 1 fully saturated rings. The number of cyclic esters (lactones) is 1. The minimum absolute atomic E-state index is 0.00773. The third-order valence-electron chi connectivity index (χ3n) is 5.04. The number of halogens is 1. The van der Waals surface area contributed by atoms with Gasteiger partial charge in [-0.15, -0.1) is 0 Å². The molecule has 2 heterocycles. The minimum Gasteiger partial charge on any atom is -0.454 e. The largest absolute Gasteiger partial charge is 0.454 e. The van der Waals surface area contributed by atoms with Gasteiger partial charge < -0.3 is 19.7 Å². The zero-order chi connectivity index (χ0) is 22.7. The number of carbonyl (C=O) groups is 1. The van der Waals surface area contributed by atoms with Crippen LogP contribution in [0.3, 0.4) is 0 Å². The summed E-state index contributed by atoms with van der Waals surface area (Å²) < 4.78 is 25.2. The predicted octanol–water partition coefficient (Wildman–Crippen LogP) is 4.66. The molecule has 32 heavy (non-hydrogen) atoms. The summed E-state index contributed by atoms with van der Waals surface area (Å²) >= 11 is 0. The van der Waals surface area contributed by atoms with Crippen molar-refractivity contribution >= 4 is 23.3 Å². The molecular weight excluding hydrogens is 419 g/mol. The summed E-state index contributed by atoms with van der Waals surface area (Å²) in [6, 6.07) is 14.0. The van der Waals surface area contributed by atoms with E-state index in [4.69, 9.17) is 9.47 Å². The lowest BCUT2D eigenvalue weighted by Gasteiger charge is -2.16. The van der Waals surface area contributed by atoms with Crippen LogP contribution >= 0.6 is 0 Å². The van der Waals surface area contributed by atoms with Gasteiger partial charge in [-0.3, -0.25) is 10.1 Å². The average molecular weight is 438 g/mol. The number of aromatic nitrogens is 1. The number of pyridine rings is 1. The average Bonchev–Trinajstić information content (AvgIpc) is 3.09. The Hall–Kier alpha value is -4.21. The minimum atomic E-state index is -0.638. The van der Waals surface area contributed by atoms with Gasteiger partial charge in [0.1, 0.15) is 12.4 Å². The SMILES string of the molecule is CN1C(=O)OCC1Cc1ccc(Oc2ccc(Nc3ncccc3[N+](=O)[O-])cc2F)cc1. The number of ether oxygens (including phenoxy) is 2. The molecule has 3 aromatic rings. The maximum atomic E-state index is 14.6. The van der Waals surface area contributed by atoms with E-state index in [1.54, 1.807) is 24.1 Å². The highest BCUT2D eigenvalue weighted by atomic mass is 19.1. The van der Waals surface area contributed by atoms with Crippen LogP contribution in [-0.4, -0.2) is 40.6 Å². The Kier molecular flexibility index (Phi) is 5.84. The van der Waals surface area contributed by atoms with Crippen molar-refractivity contribution in [3.63, 3.8) is 0 Å². The Morgan fingerprint density at radius 2 is 2.06 bits per heavy atom. The van der Waals surface area contributed by atoms with E-state index in [0.717, 1.165) is 5.56 Å². The second-order valence-corrected chi connectivity index (χ2v) is 7.19. The van der Waals surface area contributed by atoms with Gasteiger partial charge in [0.05, 0.1) is 11.0 Å². The number of nitrogens with zero attached hydrogens (tertiary/aromatic N) is 3. The van der Waals surface area contributed by atoms with E-state index in [2.05, 4.69) is 10.3 Å². The first-order valence-corrected chi connectivity index (χ1v) is 9.73. The molecule has 0 saturated carbocycles. The fraction of sp³-hybridized carbons (Fsp3) is 0.182. The molecule has 1 unspecified atom stereocenters. The Bertz CT molecular complexity index is 1160. The summed E-state index contributed by atoms with van der Waals surface area (Å²) in [5.41, 5.74) is 1.07. The Labute approximate surface area is 182 Å². The second kappa shape index (κ2) is 8.88.